The van der Waals surface area contributed by atoms with Gasteiger partial charge in [0.1, 0.15) is 6.33 Å². The van der Waals surface area contributed by atoms with E-state index in [9.17, 15) is 0 Å². The Hall–Kier alpha value is -3.54. The molecular weight excluding hydrogens is 324 g/mol. The van der Waals surface area contributed by atoms with Crippen LogP contribution in [0.4, 0.5) is 0 Å². The number of benzene rings is 2. The van der Waals surface area contributed by atoms with E-state index in [0.717, 1.165) is 28.1 Å². The normalized spacial score (nSPS) is 11.4. The average molecular weight is 340 g/mol. The van der Waals surface area contributed by atoms with Gasteiger partial charge in [-0.2, -0.15) is 5.10 Å². The molecule has 0 atom stereocenters. The number of rotatable bonds is 3. The lowest BCUT2D eigenvalue weighted by atomic mass is 10.1. The molecule has 5 rings (SSSR count). The van der Waals surface area contributed by atoms with Crippen molar-refractivity contribution >= 4 is 16.7 Å². The van der Waals surface area contributed by atoms with Crippen LogP contribution in [0.3, 0.4) is 0 Å². The SMILES string of the molecule is Cc1cccc(-c2nnc3c4cnn(Cc5ccccc5)c4ncn23)c1. The smallest absolute Gasteiger partial charge is 0.175 e. The molecule has 0 aliphatic heterocycles. The number of hydrogen-bond donors (Lipinski definition) is 0. The Morgan fingerprint density at radius 2 is 1.81 bits per heavy atom. The van der Waals surface area contributed by atoms with Gasteiger partial charge in [-0.15, -0.1) is 10.2 Å². The molecule has 0 saturated heterocycles. The van der Waals surface area contributed by atoms with E-state index in [2.05, 4.69) is 51.5 Å². The number of aryl methyl sites for hydroxylation is 1. The molecule has 0 amide bonds. The fourth-order valence-corrected chi connectivity index (χ4v) is 3.22. The molecule has 0 N–H and O–H groups in total. The Labute approximate surface area is 149 Å². The van der Waals surface area contributed by atoms with Gasteiger partial charge in [0.25, 0.3) is 0 Å². The lowest BCUT2D eigenvalue weighted by Gasteiger charge is -2.04. The van der Waals surface area contributed by atoms with Crippen molar-refractivity contribution in [3.8, 4) is 11.4 Å². The summed E-state index contributed by atoms with van der Waals surface area (Å²) in [5.41, 5.74) is 4.97. The zero-order chi connectivity index (χ0) is 17.5. The largest absolute Gasteiger partial charge is 0.265 e. The second-order valence-corrected chi connectivity index (χ2v) is 6.36. The van der Waals surface area contributed by atoms with Gasteiger partial charge >= 0.3 is 0 Å². The van der Waals surface area contributed by atoms with Crippen LogP contribution in [-0.2, 0) is 6.54 Å². The van der Waals surface area contributed by atoms with Gasteiger partial charge in [-0.05, 0) is 18.6 Å². The predicted molar refractivity (Wildman–Crippen MR) is 99.8 cm³/mol. The van der Waals surface area contributed by atoms with Crippen molar-refractivity contribution in [1.29, 1.82) is 0 Å². The monoisotopic (exact) mass is 340 g/mol. The van der Waals surface area contributed by atoms with E-state index in [1.807, 2.05) is 45.6 Å². The summed E-state index contributed by atoms with van der Waals surface area (Å²) in [4.78, 5) is 4.63. The molecule has 0 unspecified atom stereocenters. The molecule has 126 valence electrons. The highest BCUT2D eigenvalue weighted by molar-refractivity contribution is 5.89. The average Bonchev–Trinajstić information content (AvgIpc) is 3.27. The Bertz CT molecular complexity index is 1220. The maximum Gasteiger partial charge on any atom is 0.175 e. The fourth-order valence-electron chi connectivity index (χ4n) is 3.22. The Morgan fingerprint density at radius 3 is 2.65 bits per heavy atom. The minimum absolute atomic E-state index is 0.673. The standard InChI is InChI=1S/C20H16N6/c1-14-6-5-9-16(10-14)18-23-24-20-17-11-22-26(19(17)21-13-25(18)20)12-15-7-3-2-4-8-15/h2-11,13H,12H2,1H3. The summed E-state index contributed by atoms with van der Waals surface area (Å²) in [5, 5.41) is 14.2. The summed E-state index contributed by atoms with van der Waals surface area (Å²) in [6.45, 7) is 2.74. The lowest BCUT2D eigenvalue weighted by Crippen LogP contribution is -2.03. The molecule has 5 aromatic rings. The number of nitrogens with zero attached hydrogens (tertiary/aromatic N) is 6. The van der Waals surface area contributed by atoms with Gasteiger partial charge in [0.2, 0.25) is 0 Å². The molecule has 3 heterocycles. The minimum Gasteiger partial charge on any atom is -0.265 e. The highest BCUT2D eigenvalue weighted by atomic mass is 15.3. The first-order valence-electron chi connectivity index (χ1n) is 8.46. The van der Waals surface area contributed by atoms with Gasteiger partial charge in [0, 0.05) is 5.56 Å². The quantitative estimate of drug-likeness (QED) is 0.504. The maximum absolute atomic E-state index is 4.63. The van der Waals surface area contributed by atoms with Crippen LogP contribution in [0.1, 0.15) is 11.1 Å². The van der Waals surface area contributed by atoms with Gasteiger partial charge in [-0.3, -0.25) is 4.40 Å². The Balaban J connectivity index is 1.63. The van der Waals surface area contributed by atoms with E-state index >= 15 is 0 Å². The zero-order valence-electron chi connectivity index (χ0n) is 14.2. The van der Waals surface area contributed by atoms with Crippen LogP contribution in [0.5, 0.6) is 0 Å². The molecule has 0 saturated carbocycles. The second kappa shape index (κ2) is 5.77. The van der Waals surface area contributed by atoms with E-state index in [1.165, 1.54) is 11.1 Å². The molecule has 0 spiro atoms. The van der Waals surface area contributed by atoms with Crippen molar-refractivity contribution in [3.63, 3.8) is 0 Å². The van der Waals surface area contributed by atoms with Crippen LogP contribution < -0.4 is 0 Å². The maximum atomic E-state index is 4.63. The summed E-state index contributed by atoms with van der Waals surface area (Å²) in [5.74, 6) is 0.786. The first kappa shape index (κ1) is 14.8. The van der Waals surface area contributed by atoms with Gasteiger partial charge in [0.05, 0.1) is 18.1 Å². The van der Waals surface area contributed by atoms with Crippen molar-refractivity contribution in [1.82, 2.24) is 29.4 Å². The Kier molecular flexibility index (Phi) is 3.28. The fraction of sp³-hybridized carbons (Fsp3) is 0.100. The van der Waals surface area contributed by atoms with Gasteiger partial charge in [-0.25, -0.2) is 9.67 Å². The van der Waals surface area contributed by atoms with Gasteiger partial charge in [0.15, 0.2) is 17.1 Å². The zero-order valence-corrected chi connectivity index (χ0v) is 14.2. The van der Waals surface area contributed by atoms with Crippen LogP contribution in [0.15, 0.2) is 67.1 Å². The van der Waals surface area contributed by atoms with Crippen LogP contribution >= 0.6 is 0 Å². The molecule has 3 aromatic heterocycles. The third-order valence-electron chi connectivity index (χ3n) is 4.50. The van der Waals surface area contributed by atoms with Crippen molar-refractivity contribution in [2.24, 2.45) is 0 Å². The molecular formula is C20H16N6. The molecule has 0 bridgehead atoms. The van der Waals surface area contributed by atoms with Gasteiger partial charge in [-0.1, -0.05) is 54.1 Å². The van der Waals surface area contributed by atoms with Gasteiger partial charge < -0.3 is 0 Å². The van der Waals surface area contributed by atoms with Crippen LogP contribution in [0.2, 0.25) is 0 Å². The molecule has 0 radical (unpaired) electrons. The van der Waals surface area contributed by atoms with E-state index in [-0.39, 0.29) is 0 Å². The van der Waals surface area contributed by atoms with Crippen molar-refractivity contribution in [2.75, 3.05) is 0 Å². The third kappa shape index (κ3) is 2.35. The van der Waals surface area contributed by atoms with Crippen LogP contribution in [-0.4, -0.2) is 29.4 Å². The summed E-state index contributed by atoms with van der Waals surface area (Å²) < 4.78 is 3.82. The summed E-state index contributed by atoms with van der Waals surface area (Å²) >= 11 is 0. The third-order valence-corrected chi connectivity index (χ3v) is 4.50. The molecule has 26 heavy (non-hydrogen) atoms. The van der Waals surface area contributed by atoms with E-state index in [1.54, 1.807) is 6.33 Å². The lowest BCUT2D eigenvalue weighted by molar-refractivity contribution is 0.703. The first-order chi connectivity index (χ1) is 12.8. The summed E-state index contributed by atoms with van der Waals surface area (Å²) in [6.07, 6.45) is 3.59. The Morgan fingerprint density at radius 1 is 0.923 bits per heavy atom. The summed E-state index contributed by atoms with van der Waals surface area (Å²) in [6, 6.07) is 18.4. The predicted octanol–water partition coefficient (Wildman–Crippen LogP) is 3.50. The molecule has 6 nitrogen and oxygen atoms in total. The van der Waals surface area contributed by atoms with E-state index in [0.29, 0.717) is 6.54 Å². The number of hydrogen-bond acceptors (Lipinski definition) is 4. The van der Waals surface area contributed by atoms with Crippen LogP contribution in [0.25, 0.3) is 28.1 Å². The van der Waals surface area contributed by atoms with Crippen molar-refractivity contribution < 1.29 is 0 Å². The van der Waals surface area contributed by atoms with E-state index in [4.69, 9.17) is 0 Å². The topological polar surface area (TPSA) is 60.9 Å². The molecule has 6 heteroatoms. The number of fused-ring (bicyclic) bond motifs is 3. The molecule has 0 aliphatic rings. The molecule has 2 aromatic carbocycles. The first-order valence-corrected chi connectivity index (χ1v) is 8.46. The highest BCUT2D eigenvalue weighted by Crippen LogP contribution is 2.23. The van der Waals surface area contributed by atoms with Crippen LogP contribution in [0, 0.1) is 6.92 Å². The highest BCUT2D eigenvalue weighted by Gasteiger charge is 2.14. The minimum atomic E-state index is 0.673. The second-order valence-electron chi connectivity index (χ2n) is 6.36. The van der Waals surface area contributed by atoms with Crippen molar-refractivity contribution in [2.45, 2.75) is 13.5 Å². The molecule has 0 fully saturated rings. The van der Waals surface area contributed by atoms with E-state index < -0.39 is 0 Å². The summed E-state index contributed by atoms with van der Waals surface area (Å²) in [7, 11) is 0. The molecule has 0 aliphatic carbocycles. The number of aromatic nitrogens is 6. The van der Waals surface area contributed by atoms with Crippen molar-refractivity contribution in [3.05, 3.63) is 78.2 Å².